The molecule has 114 valence electrons. The lowest BCUT2D eigenvalue weighted by molar-refractivity contribution is -0.123. The van der Waals surface area contributed by atoms with Gasteiger partial charge in [0.15, 0.2) is 0 Å². The highest BCUT2D eigenvalue weighted by Crippen LogP contribution is 2.21. The number of nitrogens with zero attached hydrogens (tertiary/aromatic N) is 2. The maximum Gasteiger partial charge on any atom is 0.234 e. The normalized spacial score (nSPS) is 23.0. The third-order valence-electron chi connectivity index (χ3n) is 4.44. The predicted molar refractivity (Wildman–Crippen MR) is 84.3 cm³/mol. The summed E-state index contributed by atoms with van der Waals surface area (Å²) in [6, 6.07) is 8.26. The summed E-state index contributed by atoms with van der Waals surface area (Å²) in [5.74, 6) is 0.108. The maximum absolute atomic E-state index is 12.1. The number of benzene rings is 1. The molecule has 0 aromatic heterocycles. The molecule has 0 saturated carbocycles. The number of halogens is 1. The molecule has 2 heterocycles. The number of piperazine rings is 1. The molecule has 0 aliphatic carbocycles. The van der Waals surface area contributed by atoms with E-state index in [-0.39, 0.29) is 5.91 Å². The van der Waals surface area contributed by atoms with Gasteiger partial charge in [-0.1, -0.05) is 23.7 Å². The number of rotatable bonds is 4. The molecule has 0 bridgehead atoms. The van der Waals surface area contributed by atoms with Gasteiger partial charge in [-0.25, -0.2) is 0 Å². The average molecular weight is 308 g/mol. The van der Waals surface area contributed by atoms with Crippen LogP contribution >= 0.6 is 11.6 Å². The van der Waals surface area contributed by atoms with Gasteiger partial charge in [0.2, 0.25) is 5.91 Å². The number of carbonyl (C=O) groups excluding carboxylic acids is 1. The SMILES string of the molecule is O=C(CN1CCN2CCCC2C1)NCc1ccc(Cl)cc1. The molecule has 4 nitrogen and oxygen atoms in total. The van der Waals surface area contributed by atoms with E-state index >= 15 is 0 Å². The minimum Gasteiger partial charge on any atom is -0.351 e. The highest BCUT2D eigenvalue weighted by molar-refractivity contribution is 6.30. The van der Waals surface area contributed by atoms with Crippen LogP contribution in [0.2, 0.25) is 5.02 Å². The Labute approximate surface area is 131 Å². The predicted octanol–water partition coefficient (Wildman–Crippen LogP) is 1.74. The molecular formula is C16H22ClN3O. The number of amides is 1. The second kappa shape index (κ2) is 6.77. The van der Waals surface area contributed by atoms with Crippen LogP contribution in [0.15, 0.2) is 24.3 Å². The second-order valence-corrected chi connectivity index (χ2v) is 6.41. The van der Waals surface area contributed by atoms with Crippen molar-refractivity contribution in [2.24, 2.45) is 0 Å². The topological polar surface area (TPSA) is 35.6 Å². The molecule has 21 heavy (non-hydrogen) atoms. The van der Waals surface area contributed by atoms with Gasteiger partial charge in [0.1, 0.15) is 0 Å². The standard InChI is InChI=1S/C16H22ClN3O/c17-14-5-3-13(4-6-14)10-18-16(21)12-19-8-9-20-7-1-2-15(20)11-19/h3-6,15H,1-2,7-12H2,(H,18,21). The fourth-order valence-electron chi connectivity index (χ4n) is 3.26. The fourth-order valence-corrected chi connectivity index (χ4v) is 3.39. The number of fused-ring (bicyclic) bond motifs is 1. The van der Waals surface area contributed by atoms with E-state index in [2.05, 4.69) is 15.1 Å². The Bertz CT molecular complexity index is 491. The first-order valence-electron chi connectivity index (χ1n) is 7.68. The van der Waals surface area contributed by atoms with Crippen LogP contribution in [0.5, 0.6) is 0 Å². The zero-order chi connectivity index (χ0) is 14.7. The molecule has 1 atom stereocenters. The molecule has 3 rings (SSSR count). The summed E-state index contributed by atoms with van der Waals surface area (Å²) in [5.41, 5.74) is 1.08. The van der Waals surface area contributed by atoms with Crippen molar-refractivity contribution < 1.29 is 4.79 Å². The van der Waals surface area contributed by atoms with E-state index in [1.807, 2.05) is 24.3 Å². The summed E-state index contributed by atoms with van der Waals surface area (Å²) in [6.45, 7) is 5.47. The number of hydrogen-bond donors (Lipinski definition) is 1. The van der Waals surface area contributed by atoms with E-state index in [1.165, 1.54) is 19.4 Å². The average Bonchev–Trinajstić information content (AvgIpc) is 2.94. The van der Waals surface area contributed by atoms with E-state index in [0.717, 1.165) is 30.2 Å². The van der Waals surface area contributed by atoms with Gasteiger partial charge in [0, 0.05) is 37.2 Å². The summed E-state index contributed by atoms with van der Waals surface area (Å²) >= 11 is 5.85. The summed E-state index contributed by atoms with van der Waals surface area (Å²) in [6.07, 6.45) is 2.59. The quantitative estimate of drug-likeness (QED) is 0.920. The van der Waals surface area contributed by atoms with Crippen molar-refractivity contribution in [2.75, 3.05) is 32.7 Å². The molecule has 1 unspecified atom stereocenters. The largest absolute Gasteiger partial charge is 0.351 e. The first-order chi connectivity index (χ1) is 10.2. The molecule has 1 aromatic carbocycles. The van der Waals surface area contributed by atoms with Crippen molar-refractivity contribution >= 4 is 17.5 Å². The number of carbonyl (C=O) groups is 1. The Morgan fingerprint density at radius 3 is 2.86 bits per heavy atom. The summed E-state index contributed by atoms with van der Waals surface area (Å²) in [4.78, 5) is 16.9. The molecule has 0 spiro atoms. The van der Waals surface area contributed by atoms with E-state index in [9.17, 15) is 4.79 Å². The lowest BCUT2D eigenvalue weighted by Crippen LogP contribution is -2.52. The Kier molecular flexibility index (Phi) is 4.78. The molecule has 2 aliphatic heterocycles. The summed E-state index contributed by atoms with van der Waals surface area (Å²) in [7, 11) is 0. The van der Waals surface area contributed by atoms with Crippen LogP contribution in [-0.4, -0.2) is 54.5 Å². The van der Waals surface area contributed by atoms with Crippen LogP contribution in [0.4, 0.5) is 0 Å². The smallest absolute Gasteiger partial charge is 0.234 e. The van der Waals surface area contributed by atoms with Crippen LogP contribution in [0, 0.1) is 0 Å². The van der Waals surface area contributed by atoms with Gasteiger partial charge in [0.05, 0.1) is 6.54 Å². The van der Waals surface area contributed by atoms with Gasteiger partial charge in [0.25, 0.3) is 0 Å². The Hall–Kier alpha value is -1.10. The van der Waals surface area contributed by atoms with Crippen molar-refractivity contribution in [1.29, 1.82) is 0 Å². The minimum absolute atomic E-state index is 0.108. The summed E-state index contributed by atoms with van der Waals surface area (Å²) < 4.78 is 0. The molecule has 0 radical (unpaired) electrons. The fraction of sp³-hybridized carbons (Fsp3) is 0.562. The number of hydrogen-bond acceptors (Lipinski definition) is 3. The molecule has 2 aliphatic rings. The highest BCUT2D eigenvalue weighted by atomic mass is 35.5. The van der Waals surface area contributed by atoms with Crippen LogP contribution in [-0.2, 0) is 11.3 Å². The van der Waals surface area contributed by atoms with Crippen molar-refractivity contribution in [3.05, 3.63) is 34.9 Å². The van der Waals surface area contributed by atoms with Gasteiger partial charge >= 0.3 is 0 Å². The van der Waals surface area contributed by atoms with Crippen LogP contribution in [0.3, 0.4) is 0 Å². The molecule has 1 N–H and O–H groups in total. The third kappa shape index (κ3) is 3.96. The Morgan fingerprint density at radius 2 is 2.05 bits per heavy atom. The molecule has 5 heteroatoms. The lowest BCUT2D eigenvalue weighted by atomic mass is 10.1. The van der Waals surface area contributed by atoms with E-state index in [1.54, 1.807) is 0 Å². The summed E-state index contributed by atoms with van der Waals surface area (Å²) in [5, 5.41) is 3.71. The molecule has 1 aromatic rings. The first-order valence-corrected chi connectivity index (χ1v) is 8.06. The molecular weight excluding hydrogens is 286 g/mol. The molecule has 1 amide bonds. The minimum atomic E-state index is 0.108. The van der Waals surface area contributed by atoms with Crippen LogP contribution in [0.1, 0.15) is 18.4 Å². The highest BCUT2D eigenvalue weighted by Gasteiger charge is 2.30. The zero-order valence-electron chi connectivity index (χ0n) is 12.2. The first kappa shape index (κ1) is 14.8. The van der Waals surface area contributed by atoms with Gasteiger partial charge < -0.3 is 5.32 Å². The Morgan fingerprint density at radius 1 is 1.24 bits per heavy atom. The van der Waals surface area contributed by atoms with Gasteiger partial charge in [-0.3, -0.25) is 14.6 Å². The lowest BCUT2D eigenvalue weighted by Gasteiger charge is -2.37. The van der Waals surface area contributed by atoms with E-state index < -0.39 is 0 Å². The van der Waals surface area contributed by atoms with Crippen molar-refractivity contribution in [1.82, 2.24) is 15.1 Å². The third-order valence-corrected chi connectivity index (χ3v) is 4.69. The van der Waals surface area contributed by atoms with Gasteiger partial charge in [-0.05, 0) is 37.1 Å². The van der Waals surface area contributed by atoms with E-state index in [4.69, 9.17) is 11.6 Å². The van der Waals surface area contributed by atoms with Gasteiger partial charge in [-0.15, -0.1) is 0 Å². The molecule has 2 saturated heterocycles. The molecule has 2 fully saturated rings. The Balaban J connectivity index is 1.43. The van der Waals surface area contributed by atoms with Crippen LogP contribution < -0.4 is 5.32 Å². The second-order valence-electron chi connectivity index (χ2n) is 5.97. The van der Waals surface area contributed by atoms with Crippen molar-refractivity contribution in [3.8, 4) is 0 Å². The van der Waals surface area contributed by atoms with Crippen LogP contribution in [0.25, 0.3) is 0 Å². The van der Waals surface area contributed by atoms with Crippen molar-refractivity contribution in [2.45, 2.75) is 25.4 Å². The number of nitrogens with one attached hydrogen (secondary N) is 1. The van der Waals surface area contributed by atoms with Crippen molar-refractivity contribution in [3.63, 3.8) is 0 Å². The maximum atomic E-state index is 12.1. The monoisotopic (exact) mass is 307 g/mol. The van der Waals surface area contributed by atoms with Gasteiger partial charge in [-0.2, -0.15) is 0 Å². The van der Waals surface area contributed by atoms with E-state index in [0.29, 0.717) is 19.1 Å². The zero-order valence-corrected chi connectivity index (χ0v) is 13.0.